The van der Waals surface area contributed by atoms with Crippen LogP contribution in [0.15, 0.2) is 30.3 Å². The molecule has 2 amide bonds. The van der Waals surface area contributed by atoms with E-state index in [9.17, 15) is 9.59 Å². The molecule has 29 heavy (non-hydrogen) atoms. The van der Waals surface area contributed by atoms with Crippen LogP contribution in [0.2, 0.25) is 0 Å². The Labute approximate surface area is 176 Å². The standard InChI is InChI=1S/C24H30N2O2S/c1-4-24(2,3)15-10-11-16-19(12-15)29-23(20(16)21(25)27)26-22(28)18-13-17(18)14-8-6-5-7-9-14/h5-9,15,17-18H,4,10-13H2,1-3H3,(H2,25,27)(H,26,28). The molecule has 1 saturated carbocycles. The highest BCUT2D eigenvalue weighted by Crippen LogP contribution is 2.49. The molecule has 2 aliphatic carbocycles. The average molecular weight is 411 g/mol. The van der Waals surface area contributed by atoms with E-state index in [-0.39, 0.29) is 23.2 Å². The van der Waals surface area contributed by atoms with Gasteiger partial charge in [-0.2, -0.15) is 0 Å². The van der Waals surface area contributed by atoms with Gasteiger partial charge in [0.25, 0.3) is 5.91 Å². The Bertz CT molecular complexity index is 932. The number of fused-ring (bicyclic) bond motifs is 1. The summed E-state index contributed by atoms with van der Waals surface area (Å²) in [7, 11) is 0. The second-order valence-corrected chi connectivity index (χ2v) is 10.3. The van der Waals surface area contributed by atoms with E-state index in [4.69, 9.17) is 5.73 Å². The van der Waals surface area contributed by atoms with Crippen molar-refractivity contribution in [1.29, 1.82) is 0 Å². The number of anilines is 1. The minimum absolute atomic E-state index is 0.00499. The molecule has 4 nitrogen and oxygen atoms in total. The Balaban J connectivity index is 1.53. The van der Waals surface area contributed by atoms with E-state index in [0.29, 0.717) is 16.5 Å². The molecule has 1 aromatic heterocycles. The minimum Gasteiger partial charge on any atom is -0.365 e. The molecule has 3 atom stereocenters. The molecule has 4 rings (SSSR count). The summed E-state index contributed by atoms with van der Waals surface area (Å²) in [6.45, 7) is 6.89. The van der Waals surface area contributed by atoms with E-state index in [1.54, 1.807) is 11.3 Å². The van der Waals surface area contributed by atoms with Gasteiger partial charge in [-0.15, -0.1) is 11.3 Å². The van der Waals surface area contributed by atoms with Gasteiger partial charge in [-0.1, -0.05) is 57.5 Å². The number of nitrogens with two attached hydrogens (primary N) is 1. The number of rotatable bonds is 6. The summed E-state index contributed by atoms with van der Waals surface area (Å²) in [4.78, 5) is 26.3. The Morgan fingerprint density at radius 2 is 1.97 bits per heavy atom. The van der Waals surface area contributed by atoms with Crippen molar-refractivity contribution in [2.24, 2.45) is 23.0 Å². The molecule has 0 bridgehead atoms. The quantitative estimate of drug-likeness (QED) is 0.693. The van der Waals surface area contributed by atoms with Crippen molar-refractivity contribution in [2.75, 3.05) is 5.32 Å². The first-order chi connectivity index (χ1) is 13.8. The van der Waals surface area contributed by atoms with Crippen LogP contribution in [0, 0.1) is 17.3 Å². The van der Waals surface area contributed by atoms with Gasteiger partial charge in [0.1, 0.15) is 5.00 Å². The predicted molar refractivity (Wildman–Crippen MR) is 118 cm³/mol. The zero-order valence-corrected chi connectivity index (χ0v) is 18.3. The number of hydrogen-bond donors (Lipinski definition) is 2. The van der Waals surface area contributed by atoms with Crippen LogP contribution >= 0.6 is 11.3 Å². The molecular formula is C24H30N2O2S. The van der Waals surface area contributed by atoms with E-state index in [2.05, 4.69) is 38.2 Å². The number of amides is 2. The monoisotopic (exact) mass is 410 g/mol. The maximum Gasteiger partial charge on any atom is 0.251 e. The molecule has 1 aromatic carbocycles. The summed E-state index contributed by atoms with van der Waals surface area (Å²) in [6, 6.07) is 10.2. The molecule has 5 heteroatoms. The first-order valence-corrected chi connectivity index (χ1v) is 11.4. The van der Waals surface area contributed by atoms with Crippen molar-refractivity contribution in [3.8, 4) is 0 Å². The summed E-state index contributed by atoms with van der Waals surface area (Å²) >= 11 is 1.56. The number of benzene rings is 1. The number of primary amides is 1. The van der Waals surface area contributed by atoms with Gasteiger partial charge in [0, 0.05) is 10.8 Å². The third-order valence-electron chi connectivity index (χ3n) is 7.12. The molecule has 0 spiro atoms. The number of thiophene rings is 1. The van der Waals surface area contributed by atoms with Crippen molar-refractivity contribution in [3.63, 3.8) is 0 Å². The van der Waals surface area contributed by atoms with Crippen molar-refractivity contribution < 1.29 is 9.59 Å². The van der Waals surface area contributed by atoms with E-state index in [0.717, 1.165) is 37.7 Å². The summed E-state index contributed by atoms with van der Waals surface area (Å²) < 4.78 is 0. The Morgan fingerprint density at radius 1 is 1.24 bits per heavy atom. The predicted octanol–water partition coefficient (Wildman–Crippen LogP) is 5.13. The molecular weight excluding hydrogens is 380 g/mol. The molecule has 2 aromatic rings. The van der Waals surface area contributed by atoms with Gasteiger partial charge < -0.3 is 11.1 Å². The van der Waals surface area contributed by atoms with Gasteiger partial charge in [0.15, 0.2) is 0 Å². The van der Waals surface area contributed by atoms with Gasteiger partial charge in [-0.25, -0.2) is 0 Å². The van der Waals surface area contributed by atoms with Crippen LogP contribution < -0.4 is 11.1 Å². The van der Waals surface area contributed by atoms with Gasteiger partial charge in [0.2, 0.25) is 5.91 Å². The maximum atomic E-state index is 12.9. The van der Waals surface area contributed by atoms with Crippen LogP contribution in [0.5, 0.6) is 0 Å². The SMILES string of the molecule is CCC(C)(C)C1CCc2c(sc(NC(=O)C3CC3c3ccccc3)c2C(N)=O)C1. The number of carbonyl (C=O) groups is 2. The lowest BCUT2D eigenvalue weighted by atomic mass is 9.69. The van der Waals surface area contributed by atoms with Crippen LogP contribution in [-0.4, -0.2) is 11.8 Å². The molecule has 0 radical (unpaired) electrons. The average Bonchev–Trinajstić information content (AvgIpc) is 3.43. The lowest BCUT2D eigenvalue weighted by molar-refractivity contribution is -0.117. The van der Waals surface area contributed by atoms with Gasteiger partial charge in [0.05, 0.1) is 5.56 Å². The highest BCUT2D eigenvalue weighted by molar-refractivity contribution is 7.17. The molecule has 1 fully saturated rings. The molecule has 1 heterocycles. The van der Waals surface area contributed by atoms with E-state index < -0.39 is 5.91 Å². The van der Waals surface area contributed by atoms with Crippen molar-refractivity contribution in [1.82, 2.24) is 0 Å². The summed E-state index contributed by atoms with van der Waals surface area (Å²) in [5.41, 5.74) is 8.82. The van der Waals surface area contributed by atoms with Crippen molar-refractivity contribution in [3.05, 3.63) is 51.9 Å². The highest BCUT2D eigenvalue weighted by Gasteiger charge is 2.44. The fourth-order valence-corrected chi connectivity index (χ4v) is 5.98. The zero-order valence-electron chi connectivity index (χ0n) is 17.5. The third kappa shape index (κ3) is 3.85. The number of nitrogens with one attached hydrogen (secondary N) is 1. The van der Waals surface area contributed by atoms with Crippen molar-refractivity contribution >= 4 is 28.2 Å². The van der Waals surface area contributed by atoms with Gasteiger partial charge in [-0.3, -0.25) is 9.59 Å². The first kappa shape index (κ1) is 20.1. The third-order valence-corrected chi connectivity index (χ3v) is 8.29. The van der Waals surface area contributed by atoms with Gasteiger partial charge in [-0.05, 0) is 54.1 Å². The normalized spacial score (nSPS) is 23.3. The summed E-state index contributed by atoms with van der Waals surface area (Å²) in [5.74, 6) is 0.419. The fraction of sp³-hybridized carbons (Fsp3) is 0.500. The van der Waals surface area contributed by atoms with Crippen molar-refractivity contribution in [2.45, 2.75) is 58.8 Å². The van der Waals surface area contributed by atoms with Crippen LogP contribution in [0.4, 0.5) is 5.00 Å². The Hall–Kier alpha value is -2.14. The summed E-state index contributed by atoms with van der Waals surface area (Å²) in [6.07, 6.45) is 4.89. The molecule has 3 unspecified atom stereocenters. The molecule has 154 valence electrons. The Morgan fingerprint density at radius 3 is 2.62 bits per heavy atom. The molecule has 3 N–H and O–H groups in total. The maximum absolute atomic E-state index is 12.9. The fourth-order valence-electron chi connectivity index (χ4n) is 4.65. The van der Waals surface area contributed by atoms with Crippen LogP contribution in [0.25, 0.3) is 0 Å². The topological polar surface area (TPSA) is 72.2 Å². The van der Waals surface area contributed by atoms with Crippen LogP contribution in [0.3, 0.4) is 0 Å². The lowest BCUT2D eigenvalue weighted by Crippen LogP contribution is -2.29. The summed E-state index contributed by atoms with van der Waals surface area (Å²) in [5, 5.41) is 3.71. The second-order valence-electron chi connectivity index (χ2n) is 9.20. The van der Waals surface area contributed by atoms with Gasteiger partial charge >= 0.3 is 0 Å². The first-order valence-electron chi connectivity index (χ1n) is 10.6. The van der Waals surface area contributed by atoms with Crippen LogP contribution in [-0.2, 0) is 17.6 Å². The zero-order chi connectivity index (χ0) is 20.8. The second kappa shape index (κ2) is 7.60. The molecule has 2 aliphatic rings. The Kier molecular flexibility index (Phi) is 5.28. The van der Waals surface area contributed by atoms with E-state index in [1.807, 2.05) is 18.2 Å². The number of hydrogen-bond acceptors (Lipinski definition) is 3. The van der Waals surface area contributed by atoms with E-state index in [1.165, 1.54) is 10.4 Å². The smallest absolute Gasteiger partial charge is 0.251 e. The number of carbonyl (C=O) groups excluding carboxylic acids is 2. The largest absolute Gasteiger partial charge is 0.365 e. The van der Waals surface area contributed by atoms with Crippen LogP contribution in [0.1, 0.15) is 72.3 Å². The molecule has 0 saturated heterocycles. The lowest BCUT2D eigenvalue weighted by Gasteiger charge is -2.36. The molecule has 0 aliphatic heterocycles. The minimum atomic E-state index is -0.429. The van der Waals surface area contributed by atoms with E-state index >= 15 is 0 Å². The highest BCUT2D eigenvalue weighted by atomic mass is 32.1.